The summed E-state index contributed by atoms with van der Waals surface area (Å²) in [6.07, 6.45) is 1.79. The minimum Gasteiger partial charge on any atom is -0.506 e. The first-order valence-electron chi connectivity index (χ1n) is 11.2. The number of anilines is 1. The summed E-state index contributed by atoms with van der Waals surface area (Å²) in [5.41, 5.74) is 5.45. The van der Waals surface area contributed by atoms with Gasteiger partial charge in [0.15, 0.2) is 5.11 Å². The number of thiocarbonyl (C=S) groups is 1. The molecule has 2 atom stereocenters. The number of aryl methyl sites for hydroxylation is 1. The van der Waals surface area contributed by atoms with Gasteiger partial charge in [-0.05, 0) is 80.2 Å². The maximum Gasteiger partial charge on any atom is 0.174 e. The molecule has 0 bridgehead atoms. The van der Waals surface area contributed by atoms with Crippen LogP contribution in [-0.2, 0) is 0 Å². The number of hydrogen-bond donors (Lipinski definition) is 2. The standard InChI is InChI=1S/C27H25ClN4O2S/c1-16-13-21(17(2)31(16)23-14-18(28)10-11-24(23)33)26-25(22-9-4-5-12-29-22)30-27(35)32(26)19-7-6-8-20(15-19)34-3/h4-15,25-26,33H,1-3H3,(H,30,35)/t25-,26-/m1/s1. The molecule has 0 spiro atoms. The van der Waals surface area contributed by atoms with Crippen LogP contribution in [0, 0.1) is 13.8 Å². The number of pyridine rings is 1. The quantitative estimate of drug-likeness (QED) is 0.323. The zero-order valence-electron chi connectivity index (χ0n) is 19.6. The van der Waals surface area contributed by atoms with Crippen molar-refractivity contribution in [3.63, 3.8) is 0 Å². The molecule has 2 aromatic heterocycles. The predicted molar refractivity (Wildman–Crippen MR) is 143 cm³/mol. The van der Waals surface area contributed by atoms with Crippen LogP contribution in [0.5, 0.6) is 11.5 Å². The van der Waals surface area contributed by atoms with E-state index in [1.165, 1.54) is 0 Å². The molecule has 0 unspecified atom stereocenters. The maximum absolute atomic E-state index is 10.6. The average molecular weight is 505 g/mol. The largest absolute Gasteiger partial charge is 0.506 e. The smallest absolute Gasteiger partial charge is 0.174 e. The average Bonchev–Trinajstić information content (AvgIpc) is 3.36. The second kappa shape index (κ2) is 9.24. The minimum absolute atomic E-state index is 0.161. The van der Waals surface area contributed by atoms with E-state index in [2.05, 4.69) is 21.3 Å². The molecule has 1 aliphatic heterocycles. The van der Waals surface area contributed by atoms with Crippen molar-refractivity contribution in [1.82, 2.24) is 14.9 Å². The van der Waals surface area contributed by atoms with E-state index in [9.17, 15) is 5.11 Å². The number of aromatic hydroxyl groups is 1. The SMILES string of the molecule is COc1cccc(N2C(=S)N[C@H](c3ccccn3)[C@H]2c2cc(C)n(-c3cc(Cl)ccc3O)c2C)c1. The molecule has 4 aromatic rings. The number of nitrogens with zero attached hydrogens (tertiary/aromatic N) is 3. The Morgan fingerprint density at radius 3 is 2.63 bits per heavy atom. The zero-order chi connectivity index (χ0) is 24.7. The molecule has 1 aliphatic rings. The second-order valence-electron chi connectivity index (χ2n) is 8.49. The lowest BCUT2D eigenvalue weighted by Gasteiger charge is -2.28. The molecule has 0 saturated carbocycles. The Morgan fingerprint density at radius 1 is 1.06 bits per heavy atom. The summed E-state index contributed by atoms with van der Waals surface area (Å²) < 4.78 is 7.51. The molecule has 5 rings (SSSR count). The number of methoxy groups -OCH3 is 1. The van der Waals surface area contributed by atoms with E-state index in [4.69, 9.17) is 28.6 Å². The number of rotatable bonds is 5. The number of ether oxygens (including phenoxy) is 1. The van der Waals surface area contributed by atoms with Crippen LogP contribution in [0.1, 0.15) is 34.7 Å². The molecule has 1 fully saturated rings. The maximum atomic E-state index is 10.6. The van der Waals surface area contributed by atoms with Crippen LogP contribution < -0.4 is 15.0 Å². The first-order chi connectivity index (χ1) is 16.9. The third kappa shape index (κ3) is 4.11. The van der Waals surface area contributed by atoms with Gasteiger partial charge in [0.25, 0.3) is 0 Å². The summed E-state index contributed by atoms with van der Waals surface area (Å²) in [6, 6.07) is 20.6. The molecule has 0 amide bonds. The van der Waals surface area contributed by atoms with Crippen molar-refractivity contribution in [3.05, 3.63) is 101 Å². The van der Waals surface area contributed by atoms with Gasteiger partial charge >= 0.3 is 0 Å². The van der Waals surface area contributed by atoms with Crippen LogP contribution in [0.2, 0.25) is 5.02 Å². The van der Waals surface area contributed by atoms with Crippen molar-refractivity contribution in [1.29, 1.82) is 0 Å². The second-order valence-corrected chi connectivity index (χ2v) is 9.32. The Hall–Kier alpha value is -3.55. The summed E-state index contributed by atoms with van der Waals surface area (Å²) in [4.78, 5) is 6.75. The first kappa shape index (κ1) is 23.2. The van der Waals surface area contributed by atoms with Crippen LogP contribution in [-0.4, -0.2) is 26.9 Å². The Labute approximate surface area is 214 Å². The van der Waals surface area contributed by atoms with Crippen molar-refractivity contribution in [2.45, 2.75) is 25.9 Å². The van der Waals surface area contributed by atoms with Gasteiger partial charge in [-0.15, -0.1) is 0 Å². The van der Waals surface area contributed by atoms with E-state index in [0.29, 0.717) is 15.8 Å². The lowest BCUT2D eigenvalue weighted by molar-refractivity contribution is 0.415. The molecule has 35 heavy (non-hydrogen) atoms. The fourth-order valence-corrected chi connectivity index (χ4v) is 5.36. The van der Waals surface area contributed by atoms with Crippen LogP contribution in [0.15, 0.2) is 72.9 Å². The fourth-order valence-electron chi connectivity index (χ4n) is 4.84. The van der Waals surface area contributed by atoms with E-state index in [1.54, 1.807) is 31.5 Å². The van der Waals surface area contributed by atoms with Crippen LogP contribution >= 0.6 is 23.8 Å². The summed E-state index contributed by atoms with van der Waals surface area (Å²) >= 11 is 12.1. The molecule has 0 radical (unpaired) electrons. The van der Waals surface area contributed by atoms with E-state index in [0.717, 1.165) is 34.1 Å². The van der Waals surface area contributed by atoms with E-state index >= 15 is 0 Å². The third-order valence-electron chi connectivity index (χ3n) is 6.40. The van der Waals surface area contributed by atoms with Gasteiger partial charge in [0.2, 0.25) is 0 Å². The number of phenolic OH excluding ortho intramolecular Hbond substituents is 1. The summed E-state index contributed by atoms with van der Waals surface area (Å²) in [7, 11) is 1.65. The van der Waals surface area contributed by atoms with Crippen molar-refractivity contribution >= 4 is 34.6 Å². The molecule has 0 aliphatic carbocycles. The van der Waals surface area contributed by atoms with E-state index in [-0.39, 0.29) is 17.8 Å². The Morgan fingerprint density at radius 2 is 1.89 bits per heavy atom. The number of hydrogen-bond acceptors (Lipinski definition) is 4. The molecule has 6 nitrogen and oxygen atoms in total. The molecule has 3 heterocycles. The zero-order valence-corrected chi connectivity index (χ0v) is 21.1. The summed E-state index contributed by atoms with van der Waals surface area (Å²) in [5, 5.41) is 15.3. The Balaban J connectivity index is 1.70. The molecule has 178 valence electrons. The summed E-state index contributed by atoms with van der Waals surface area (Å²) in [5.74, 6) is 0.911. The highest BCUT2D eigenvalue weighted by atomic mass is 35.5. The lowest BCUT2D eigenvalue weighted by Crippen LogP contribution is -2.29. The molecular formula is C27H25ClN4O2S. The fraction of sp³-hybridized carbons (Fsp3) is 0.185. The highest BCUT2D eigenvalue weighted by Gasteiger charge is 2.42. The van der Waals surface area contributed by atoms with Crippen LogP contribution in [0.3, 0.4) is 0 Å². The van der Waals surface area contributed by atoms with Gasteiger partial charge in [0, 0.05) is 34.4 Å². The van der Waals surface area contributed by atoms with Crippen molar-refractivity contribution in [2.24, 2.45) is 0 Å². The lowest BCUT2D eigenvalue weighted by atomic mass is 9.96. The Kier molecular flexibility index (Phi) is 6.13. The number of aromatic nitrogens is 2. The monoisotopic (exact) mass is 504 g/mol. The van der Waals surface area contributed by atoms with E-state index < -0.39 is 0 Å². The van der Waals surface area contributed by atoms with Gasteiger partial charge in [0.1, 0.15) is 11.5 Å². The number of halogens is 1. The highest BCUT2D eigenvalue weighted by Crippen LogP contribution is 2.44. The minimum atomic E-state index is -0.189. The van der Waals surface area contributed by atoms with E-state index in [1.807, 2.05) is 60.9 Å². The highest BCUT2D eigenvalue weighted by molar-refractivity contribution is 7.80. The molecule has 8 heteroatoms. The van der Waals surface area contributed by atoms with Crippen molar-refractivity contribution in [2.75, 3.05) is 12.0 Å². The van der Waals surface area contributed by atoms with Gasteiger partial charge in [0.05, 0.1) is 30.6 Å². The topological polar surface area (TPSA) is 62.5 Å². The first-order valence-corrected chi connectivity index (χ1v) is 12.0. The van der Waals surface area contributed by atoms with Gasteiger partial charge in [-0.2, -0.15) is 0 Å². The molecule has 2 aromatic carbocycles. The predicted octanol–water partition coefficient (Wildman–Crippen LogP) is 6.03. The van der Waals surface area contributed by atoms with Crippen molar-refractivity contribution in [3.8, 4) is 17.2 Å². The Bertz CT molecular complexity index is 1410. The van der Waals surface area contributed by atoms with Gasteiger partial charge in [-0.1, -0.05) is 23.7 Å². The molecular weight excluding hydrogens is 480 g/mol. The van der Waals surface area contributed by atoms with Crippen LogP contribution in [0.4, 0.5) is 5.69 Å². The number of nitrogens with one attached hydrogen (secondary N) is 1. The third-order valence-corrected chi connectivity index (χ3v) is 6.95. The van der Waals surface area contributed by atoms with Crippen LogP contribution in [0.25, 0.3) is 5.69 Å². The number of phenols is 1. The van der Waals surface area contributed by atoms with Crippen molar-refractivity contribution < 1.29 is 9.84 Å². The number of benzene rings is 2. The van der Waals surface area contributed by atoms with Gasteiger partial charge in [-0.25, -0.2) is 0 Å². The molecule has 1 saturated heterocycles. The normalized spacial score (nSPS) is 17.5. The molecule has 2 N–H and O–H groups in total. The summed E-state index contributed by atoms with van der Waals surface area (Å²) in [6.45, 7) is 4.06. The van der Waals surface area contributed by atoms with Gasteiger partial charge < -0.3 is 24.6 Å². The van der Waals surface area contributed by atoms with Gasteiger partial charge in [-0.3, -0.25) is 4.98 Å².